The number of carbonyl (C=O) groups excluding carboxylic acids is 2. The van der Waals surface area contributed by atoms with Crippen LogP contribution in [-0.4, -0.2) is 62.8 Å². The lowest BCUT2D eigenvalue weighted by Crippen LogP contribution is -2.29. The van der Waals surface area contributed by atoms with Gasteiger partial charge in [0, 0.05) is 42.8 Å². The maximum Gasteiger partial charge on any atom is 0.435 e. The molecule has 12 nitrogen and oxygen atoms in total. The number of nitrogens with zero attached hydrogens (tertiary/aromatic N) is 5. The first kappa shape index (κ1) is 30.0. The molecule has 0 spiro atoms. The summed E-state index contributed by atoms with van der Waals surface area (Å²) < 4.78 is 55.4. The summed E-state index contributed by atoms with van der Waals surface area (Å²) in [5.74, 6) is -0.0708. The van der Waals surface area contributed by atoms with E-state index in [1.165, 1.54) is 33.9 Å². The molecule has 4 aromatic rings. The number of rotatable bonds is 13. The third-order valence-electron chi connectivity index (χ3n) is 7.23. The van der Waals surface area contributed by atoms with Gasteiger partial charge in [0.1, 0.15) is 0 Å². The Hall–Kier alpha value is -4.50. The Kier molecular flexibility index (Phi) is 8.92. The number of nitrogens with one attached hydrogen (secondary N) is 2. The molecule has 1 fully saturated rings. The van der Waals surface area contributed by atoms with Crippen molar-refractivity contribution in [1.29, 1.82) is 0 Å². The number of hydrogen-bond acceptors (Lipinski definition) is 9. The van der Waals surface area contributed by atoms with E-state index in [9.17, 15) is 22.8 Å². The van der Waals surface area contributed by atoms with Crippen molar-refractivity contribution in [2.45, 2.75) is 44.8 Å². The number of imidazole rings is 1. The van der Waals surface area contributed by atoms with Gasteiger partial charge in [-0.25, -0.2) is 9.97 Å². The molecule has 3 heterocycles. The summed E-state index contributed by atoms with van der Waals surface area (Å²) in [7, 11) is 0. The highest BCUT2D eigenvalue weighted by Crippen LogP contribution is 2.40. The number of hydrogen-bond donors (Lipinski definition) is 3. The fourth-order valence-corrected chi connectivity index (χ4v) is 4.95. The third-order valence-corrected chi connectivity index (χ3v) is 7.23. The predicted octanol–water partition coefficient (Wildman–Crippen LogP) is 3.88. The van der Waals surface area contributed by atoms with Crippen molar-refractivity contribution < 1.29 is 32.2 Å². The van der Waals surface area contributed by atoms with Gasteiger partial charge in [-0.3, -0.25) is 18.7 Å². The first-order valence-electron chi connectivity index (χ1n) is 13.8. The van der Waals surface area contributed by atoms with Crippen molar-refractivity contribution in [2.75, 3.05) is 31.6 Å². The predicted molar refractivity (Wildman–Crippen MR) is 150 cm³/mol. The number of amides is 1. The SMILES string of the molecule is CCc1c(C(=O)NCCOCCN)ccc(Nc2nccn3c(-c4cn(C5CCC5)nc4C(F)(F)F)cnc23)c1OC=O. The van der Waals surface area contributed by atoms with E-state index in [-0.39, 0.29) is 60.0 Å². The lowest BCUT2D eigenvalue weighted by atomic mass is 9.93. The van der Waals surface area contributed by atoms with Gasteiger partial charge in [0.2, 0.25) is 0 Å². The molecule has 0 unspecified atom stereocenters. The molecular formula is C28H31F3N8O4. The van der Waals surface area contributed by atoms with E-state index in [1.807, 2.05) is 0 Å². The maximum atomic E-state index is 14.0. The second kappa shape index (κ2) is 12.8. The number of halogens is 3. The van der Waals surface area contributed by atoms with E-state index < -0.39 is 11.9 Å². The normalized spacial score (nSPS) is 13.6. The van der Waals surface area contributed by atoms with E-state index in [1.54, 1.807) is 19.1 Å². The number of aromatic nitrogens is 5. The lowest BCUT2D eigenvalue weighted by molar-refractivity contribution is -0.141. The fourth-order valence-electron chi connectivity index (χ4n) is 4.95. The molecule has 43 heavy (non-hydrogen) atoms. The summed E-state index contributed by atoms with van der Waals surface area (Å²) >= 11 is 0. The van der Waals surface area contributed by atoms with Gasteiger partial charge in [-0.1, -0.05) is 6.92 Å². The number of fused-ring (bicyclic) bond motifs is 1. The fraction of sp³-hybridized carbons (Fsp3) is 0.393. The van der Waals surface area contributed by atoms with E-state index in [0.717, 1.165) is 19.3 Å². The molecule has 0 radical (unpaired) electrons. The average Bonchev–Trinajstić information content (AvgIpc) is 3.58. The van der Waals surface area contributed by atoms with Gasteiger partial charge in [0.15, 0.2) is 22.9 Å². The zero-order valence-corrected chi connectivity index (χ0v) is 23.4. The highest BCUT2D eigenvalue weighted by Gasteiger charge is 2.39. The van der Waals surface area contributed by atoms with Crippen molar-refractivity contribution >= 4 is 29.5 Å². The standard InChI is InChI=1S/C28H31F3N8O4/c1-2-18-19(27(41)34-10-13-42-12-8-32)6-7-21(23(18)43-16-40)36-25-26-35-14-22(38(26)11-9-33-25)20-15-39(17-4-3-5-17)37-24(20)28(29,30)31/h6-7,9,11,14-17H,2-5,8,10,12-13,32H2,1H3,(H,33,36)(H,34,41). The van der Waals surface area contributed by atoms with Crippen LogP contribution < -0.4 is 21.1 Å². The second-order valence-electron chi connectivity index (χ2n) is 9.88. The number of anilines is 2. The number of alkyl halides is 3. The Balaban J connectivity index is 1.48. The molecular weight excluding hydrogens is 569 g/mol. The molecule has 4 N–H and O–H groups in total. The van der Waals surface area contributed by atoms with Crippen LogP contribution in [-0.2, 0) is 22.1 Å². The van der Waals surface area contributed by atoms with Gasteiger partial charge in [-0.05, 0) is 37.8 Å². The van der Waals surface area contributed by atoms with Crippen LogP contribution in [0.4, 0.5) is 24.7 Å². The van der Waals surface area contributed by atoms with E-state index in [0.29, 0.717) is 36.4 Å². The van der Waals surface area contributed by atoms with Gasteiger partial charge in [-0.15, -0.1) is 0 Å². The Labute approximate surface area is 244 Å². The summed E-state index contributed by atoms with van der Waals surface area (Å²) in [5, 5.41) is 9.72. The molecule has 0 bridgehead atoms. The van der Waals surface area contributed by atoms with Crippen molar-refractivity contribution in [3.05, 3.63) is 53.7 Å². The van der Waals surface area contributed by atoms with Crippen molar-refractivity contribution in [1.82, 2.24) is 29.5 Å². The topological polar surface area (TPSA) is 151 Å². The van der Waals surface area contributed by atoms with Crippen LogP contribution in [0.25, 0.3) is 16.9 Å². The Bertz CT molecular complexity index is 1610. The van der Waals surface area contributed by atoms with Crippen molar-refractivity contribution in [2.24, 2.45) is 5.73 Å². The molecule has 1 amide bonds. The lowest BCUT2D eigenvalue weighted by Gasteiger charge is -2.25. The Morgan fingerprint density at radius 3 is 2.72 bits per heavy atom. The molecule has 0 aliphatic heterocycles. The molecule has 228 valence electrons. The molecule has 15 heteroatoms. The van der Waals surface area contributed by atoms with Crippen molar-refractivity contribution in [3.63, 3.8) is 0 Å². The van der Waals surface area contributed by atoms with Crippen LogP contribution in [0, 0.1) is 0 Å². The maximum absolute atomic E-state index is 14.0. The molecule has 3 aromatic heterocycles. The Morgan fingerprint density at radius 2 is 2.05 bits per heavy atom. The number of ether oxygens (including phenoxy) is 2. The Morgan fingerprint density at radius 1 is 1.23 bits per heavy atom. The van der Waals surface area contributed by atoms with Crippen LogP contribution in [0.15, 0.2) is 36.9 Å². The summed E-state index contributed by atoms with van der Waals surface area (Å²) in [5.41, 5.74) is 5.83. The number of benzene rings is 1. The first-order valence-corrected chi connectivity index (χ1v) is 13.8. The van der Waals surface area contributed by atoms with E-state index in [2.05, 4.69) is 25.7 Å². The van der Waals surface area contributed by atoms with Crippen LogP contribution >= 0.6 is 0 Å². The summed E-state index contributed by atoms with van der Waals surface area (Å²) in [6.07, 6.45) is 3.87. The quantitative estimate of drug-likeness (QED) is 0.153. The molecule has 1 saturated carbocycles. The molecule has 0 saturated heterocycles. The largest absolute Gasteiger partial charge is 0.435 e. The summed E-state index contributed by atoms with van der Waals surface area (Å²) in [6, 6.07) is 3.07. The highest BCUT2D eigenvalue weighted by atomic mass is 19.4. The monoisotopic (exact) mass is 600 g/mol. The molecule has 1 aromatic carbocycles. The van der Waals surface area contributed by atoms with Gasteiger partial charge < -0.3 is 25.8 Å². The zero-order valence-electron chi connectivity index (χ0n) is 23.4. The summed E-state index contributed by atoms with van der Waals surface area (Å²) in [6.45, 7) is 3.35. The van der Waals surface area contributed by atoms with Gasteiger partial charge in [-0.2, -0.15) is 18.3 Å². The minimum atomic E-state index is -4.66. The first-order chi connectivity index (χ1) is 20.8. The molecule has 1 aliphatic carbocycles. The van der Waals surface area contributed by atoms with Crippen LogP contribution in [0.1, 0.15) is 53.8 Å². The summed E-state index contributed by atoms with van der Waals surface area (Å²) in [4.78, 5) is 33.0. The van der Waals surface area contributed by atoms with E-state index in [4.69, 9.17) is 15.2 Å². The number of carbonyl (C=O) groups is 2. The van der Waals surface area contributed by atoms with Crippen LogP contribution in [0.5, 0.6) is 5.75 Å². The smallest absolute Gasteiger partial charge is 0.426 e. The minimum absolute atomic E-state index is 0.0634. The molecule has 1 aliphatic rings. The zero-order chi connectivity index (χ0) is 30.6. The third kappa shape index (κ3) is 6.17. The van der Waals surface area contributed by atoms with Crippen molar-refractivity contribution in [3.8, 4) is 17.0 Å². The minimum Gasteiger partial charge on any atom is -0.426 e. The molecule has 0 atom stereocenters. The van der Waals surface area contributed by atoms with Gasteiger partial charge in [0.05, 0.1) is 42.4 Å². The highest BCUT2D eigenvalue weighted by molar-refractivity contribution is 5.97. The van der Waals surface area contributed by atoms with Gasteiger partial charge in [0.25, 0.3) is 12.4 Å². The average molecular weight is 601 g/mol. The van der Waals surface area contributed by atoms with Crippen LogP contribution in [0.2, 0.25) is 0 Å². The van der Waals surface area contributed by atoms with Gasteiger partial charge >= 0.3 is 6.18 Å². The number of nitrogens with two attached hydrogens (primary N) is 1. The molecule has 5 rings (SSSR count). The van der Waals surface area contributed by atoms with Crippen LogP contribution in [0.3, 0.4) is 0 Å². The van der Waals surface area contributed by atoms with E-state index >= 15 is 0 Å². The second-order valence-corrected chi connectivity index (χ2v) is 9.88.